The number of hydrogen-bond acceptors (Lipinski definition) is 1. The lowest BCUT2D eigenvalue weighted by Crippen LogP contribution is -2.30. The van der Waals surface area contributed by atoms with Gasteiger partial charge in [0.2, 0.25) is 0 Å². The minimum atomic E-state index is 0.810. The Morgan fingerprint density at radius 3 is 2.71 bits per heavy atom. The Bertz CT molecular complexity index is 802. The van der Waals surface area contributed by atoms with Crippen LogP contribution in [0.4, 0.5) is 5.69 Å². The number of H-pyrrole nitrogens is 1. The van der Waals surface area contributed by atoms with Gasteiger partial charge in [-0.05, 0) is 49.2 Å². The summed E-state index contributed by atoms with van der Waals surface area (Å²) in [5, 5.41) is 2.09. The summed E-state index contributed by atoms with van der Waals surface area (Å²) in [5.41, 5.74) is 6.53. The van der Waals surface area contributed by atoms with Crippen LogP contribution >= 0.6 is 11.6 Å². The number of hydrogen-bond donors (Lipinski definition) is 1. The summed E-state index contributed by atoms with van der Waals surface area (Å²) in [6, 6.07) is 14.9. The minimum Gasteiger partial charge on any atom is -0.365 e. The number of fused-ring (bicyclic) bond motifs is 3. The molecular formula is C18H17ClN2. The van der Waals surface area contributed by atoms with Gasteiger partial charge < -0.3 is 9.88 Å². The lowest BCUT2D eigenvalue weighted by molar-refractivity contribution is 0.724. The first-order valence-electron chi connectivity index (χ1n) is 7.31. The van der Waals surface area contributed by atoms with E-state index in [1.165, 1.54) is 33.4 Å². The summed E-state index contributed by atoms with van der Waals surface area (Å²) in [6.07, 6.45) is 1.06. The molecule has 0 bridgehead atoms. The third-order valence-electron chi connectivity index (χ3n) is 4.34. The Hall–Kier alpha value is -1.93. The fourth-order valence-electron chi connectivity index (χ4n) is 3.19. The zero-order valence-electron chi connectivity index (χ0n) is 12.0. The fraction of sp³-hybridized carbons (Fsp3) is 0.222. The van der Waals surface area contributed by atoms with Crippen molar-refractivity contribution in [2.24, 2.45) is 0 Å². The molecule has 0 aliphatic carbocycles. The molecule has 2 aromatic carbocycles. The van der Waals surface area contributed by atoms with Crippen LogP contribution in [0, 0.1) is 6.92 Å². The summed E-state index contributed by atoms with van der Waals surface area (Å²) in [5.74, 6) is 0. The molecule has 3 aromatic rings. The molecule has 1 N–H and O–H groups in total. The first-order chi connectivity index (χ1) is 10.2. The monoisotopic (exact) mass is 296 g/mol. The highest BCUT2D eigenvalue weighted by Crippen LogP contribution is 2.31. The Kier molecular flexibility index (Phi) is 2.93. The molecule has 0 spiro atoms. The standard InChI is InChI=1S/C18H17ClN2/c1-12-2-5-14(6-3-12)21-9-8-15-16-10-13(19)4-7-17(16)20-18(15)11-21/h2-7,10,20H,8-9,11H2,1H3. The van der Waals surface area contributed by atoms with Gasteiger partial charge in [-0.15, -0.1) is 0 Å². The average molecular weight is 297 g/mol. The van der Waals surface area contributed by atoms with E-state index in [1.807, 2.05) is 6.07 Å². The summed E-state index contributed by atoms with van der Waals surface area (Å²) in [6.45, 7) is 4.11. The van der Waals surface area contributed by atoms with E-state index in [9.17, 15) is 0 Å². The molecule has 4 rings (SSSR count). The third kappa shape index (κ3) is 2.20. The van der Waals surface area contributed by atoms with E-state index >= 15 is 0 Å². The van der Waals surface area contributed by atoms with Crippen LogP contribution in [0.5, 0.6) is 0 Å². The number of aromatic nitrogens is 1. The van der Waals surface area contributed by atoms with Gasteiger partial charge in [-0.3, -0.25) is 0 Å². The Labute approximate surface area is 129 Å². The second-order valence-corrected chi connectivity index (χ2v) is 6.22. The summed E-state index contributed by atoms with van der Waals surface area (Å²) < 4.78 is 0. The van der Waals surface area contributed by atoms with E-state index in [-0.39, 0.29) is 0 Å². The average Bonchev–Trinajstić information content (AvgIpc) is 2.85. The number of anilines is 1. The van der Waals surface area contributed by atoms with E-state index in [0.29, 0.717) is 0 Å². The molecule has 3 heteroatoms. The van der Waals surface area contributed by atoms with Crippen molar-refractivity contribution in [1.82, 2.24) is 4.98 Å². The highest BCUT2D eigenvalue weighted by Gasteiger charge is 2.20. The second-order valence-electron chi connectivity index (χ2n) is 5.78. The van der Waals surface area contributed by atoms with Gasteiger partial charge in [-0.1, -0.05) is 29.3 Å². The number of aromatic amines is 1. The highest BCUT2D eigenvalue weighted by molar-refractivity contribution is 6.31. The maximum atomic E-state index is 6.13. The van der Waals surface area contributed by atoms with Gasteiger partial charge in [0.15, 0.2) is 0 Å². The van der Waals surface area contributed by atoms with Gasteiger partial charge in [0.25, 0.3) is 0 Å². The summed E-state index contributed by atoms with van der Waals surface area (Å²) in [4.78, 5) is 5.98. The fourth-order valence-corrected chi connectivity index (χ4v) is 3.36. The molecule has 0 unspecified atom stereocenters. The highest BCUT2D eigenvalue weighted by atomic mass is 35.5. The van der Waals surface area contributed by atoms with Crippen molar-refractivity contribution < 1.29 is 0 Å². The number of aryl methyl sites for hydroxylation is 1. The van der Waals surface area contributed by atoms with Crippen LogP contribution in [-0.4, -0.2) is 11.5 Å². The van der Waals surface area contributed by atoms with Gasteiger partial charge in [0.1, 0.15) is 0 Å². The van der Waals surface area contributed by atoms with Crippen molar-refractivity contribution >= 4 is 28.2 Å². The van der Waals surface area contributed by atoms with Gasteiger partial charge in [-0.2, -0.15) is 0 Å². The van der Waals surface area contributed by atoms with Crippen molar-refractivity contribution in [3.8, 4) is 0 Å². The van der Waals surface area contributed by atoms with E-state index < -0.39 is 0 Å². The first kappa shape index (κ1) is 12.8. The van der Waals surface area contributed by atoms with Gasteiger partial charge >= 0.3 is 0 Å². The Morgan fingerprint density at radius 1 is 1.10 bits per heavy atom. The van der Waals surface area contributed by atoms with Crippen LogP contribution < -0.4 is 4.90 Å². The minimum absolute atomic E-state index is 0.810. The van der Waals surface area contributed by atoms with Crippen LogP contribution in [0.1, 0.15) is 16.8 Å². The molecule has 106 valence electrons. The molecule has 0 amide bonds. The van der Waals surface area contributed by atoms with Crippen LogP contribution in [0.25, 0.3) is 10.9 Å². The van der Waals surface area contributed by atoms with Crippen LogP contribution in [0.15, 0.2) is 42.5 Å². The Balaban J connectivity index is 1.71. The molecule has 2 nitrogen and oxygen atoms in total. The normalized spacial score (nSPS) is 14.5. The van der Waals surface area contributed by atoms with Gasteiger partial charge in [0.05, 0.1) is 6.54 Å². The van der Waals surface area contributed by atoms with Gasteiger partial charge in [0, 0.05) is 33.9 Å². The van der Waals surface area contributed by atoms with Crippen molar-refractivity contribution in [3.63, 3.8) is 0 Å². The van der Waals surface area contributed by atoms with E-state index in [0.717, 1.165) is 24.5 Å². The molecule has 2 heterocycles. The maximum absolute atomic E-state index is 6.13. The smallest absolute Gasteiger partial charge is 0.0583 e. The van der Waals surface area contributed by atoms with Crippen molar-refractivity contribution in [3.05, 3.63) is 64.3 Å². The predicted molar refractivity (Wildman–Crippen MR) is 89.2 cm³/mol. The quantitative estimate of drug-likeness (QED) is 0.690. The lowest BCUT2D eigenvalue weighted by Gasteiger charge is -2.29. The number of nitrogens with zero attached hydrogens (tertiary/aromatic N) is 1. The van der Waals surface area contributed by atoms with Crippen LogP contribution in [0.3, 0.4) is 0 Å². The molecule has 1 aliphatic rings. The number of halogens is 1. The molecular weight excluding hydrogens is 280 g/mol. The van der Waals surface area contributed by atoms with E-state index in [4.69, 9.17) is 11.6 Å². The zero-order valence-corrected chi connectivity index (χ0v) is 12.7. The molecule has 0 saturated heterocycles. The molecule has 0 radical (unpaired) electrons. The second kappa shape index (κ2) is 4.81. The summed E-state index contributed by atoms with van der Waals surface area (Å²) in [7, 11) is 0. The number of benzene rings is 2. The topological polar surface area (TPSA) is 19.0 Å². The van der Waals surface area contributed by atoms with E-state index in [2.05, 4.69) is 53.2 Å². The molecule has 0 atom stereocenters. The zero-order chi connectivity index (χ0) is 14.4. The van der Waals surface area contributed by atoms with Gasteiger partial charge in [-0.25, -0.2) is 0 Å². The number of rotatable bonds is 1. The first-order valence-corrected chi connectivity index (χ1v) is 7.69. The van der Waals surface area contributed by atoms with Crippen molar-refractivity contribution in [1.29, 1.82) is 0 Å². The molecule has 0 fully saturated rings. The van der Waals surface area contributed by atoms with Crippen LogP contribution in [0.2, 0.25) is 5.02 Å². The summed E-state index contributed by atoms with van der Waals surface area (Å²) >= 11 is 6.13. The molecule has 0 saturated carbocycles. The molecule has 21 heavy (non-hydrogen) atoms. The van der Waals surface area contributed by atoms with Crippen molar-refractivity contribution in [2.75, 3.05) is 11.4 Å². The third-order valence-corrected chi connectivity index (χ3v) is 4.57. The van der Waals surface area contributed by atoms with Crippen molar-refractivity contribution in [2.45, 2.75) is 19.9 Å². The largest absolute Gasteiger partial charge is 0.365 e. The maximum Gasteiger partial charge on any atom is 0.0583 e. The Morgan fingerprint density at radius 2 is 1.90 bits per heavy atom. The SMILES string of the molecule is Cc1ccc(N2CCc3c([nH]c4ccc(Cl)cc34)C2)cc1. The van der Waals surface area contributed by atoms with E-state index in [1.54, 1.807) is 0 Å². The predicted octanol–water partition coefficient (Wildman–Crippen LogP) is 4.69. The molecule has 1 aliphatic heterocycles. The lowest BCUT2D eigenvalue weighted by atomic mass is 10.0. The molecule has 1 aromatic heterocycles. The number of nitrogens with one attached hydrogen (secondary N) is 1. The van der Waals surface area contributed by atoms with Crippen LogP contribution in [-0.2, 0) is 13.0 Å².